The first-order chi connectivity index (χ1) is 9.20. The number of nitrogens with zero attached hydrogens (tertiary/aromatic N) is 1. The molecule has 1 aliphatic heterocycles. The van der Waals surface area contributed by atoms with Gasteiger partial charge < -0.3 is 15.4 Å². The number of benzene rings is 1. The van der Waals surface area contributed by atoms with E-state index in [4.69, 9.17) is 10.5 Å². The van der Waals surface area contributed by atoms with Gasteiger partial charge >= 0.3 is 0 Å². The van der Waals surface area contributed by atoms with Crippen molar-refractivity contribution in [3.05, 3.63) is 23.8 Å². The van der Waals surface area contributed by atoms with Gasteiger partial charge in [-0.25, -0.2) is 0 Å². The van der Waals surface area contributed by atoms with E-state index in [9.17, 15) is 0 Å². The maximum atomic E-state index is 6.09. The lowest BCUT2D eigenvalue weighted by Crippen LogP contribution is -2.43. The number of unbranched alkanes of at least 4 members (excludes halogenated alkanes) is 1. The monoisotopic (exact) mass is 262 g/mol. The Morgan fingerprint density at radius 1 is 1.42 bits per heavy atom. The SMILES string of the molecule is CCCCOc1ccc(C)cc1N1CCCC(N)C1. The Labute approximate surface area is 116 Å². The largest absolute Gasteiger partial charge is 0.491 e. The Balaban J connectivity index is 2.13. The average Bonchev–Trinajstić information content (AvgIpc) is 2.40. The molecular formula is C16H26N2O. The zero-order valence-corrected chi connectivity index (χ0v) is 12.2. The Morgan fingerprint density at radius 2 is 2.26 bits per heavy atom. The molecule has 0 amide bonds. The van der Waals surface area contributed by atoms with Crippen LogP contribution < -0.4 is 15.4 Å². The molecule has 1 unspecified atom stereocenters. The van der Waals surface area contributed by atoms with Crippen molar-refractivity contribution in [3.63, 3.8) is 0 Å². The molecule has 19 heavy (non-hydrogen) atoms. The molecule has 1 saturated heterocycles. The fourth-order valence-electron chi connectivity index (χ4n) is 2.55. The topological polar surface area (TPSA) is 38.5 Å². The molecule has 0 radical (unpaired) electrons. The molecule has 0 spiro atoms. The van der Waals surface area contributed by atoms with E-state index in [-0.39, 0.29) is 6.04 Å². The summed E-state index contributed by atoms with van der Waals surface area (Å²) in [6.45, 7) is 7.13. The van der Waals surface area contributed by atoms with Crippen LogP contribution in [0.1, 0.15) is 38.2 Å². The molecule has 0 aliphatic carbocycles. The highest BCUT2D eigenvalue weighted by molar-refractivity contribution is 5.60. The van der Waals surface area contributed by atoms with Crippen molar-refractivity contribution in [2.45, 2.75) is 45.6 Å². The minimum atomic E-state index is 0.290. The van der Waals surface area contributed by atoms with Crippen LogP contribution in [-0.4, -0.2) is 25.7 Å². The van der Waals surface area contributed by atoms with Crippen LogP contribution >= 0.6 is 0 Å². The Hall–Kier alpha value is -1.22. The molecule has 1 aromatic rings. The highest BCUT2D eigenvalue weighted by Gasteiger charge is 2.19. The number of nitrogens with two attached hydrogens (primary N) is 1. The van der Waals surface area contributed by atoms with E-state index >= 15 is 0 Å². The van der Waals surface area contributed by atoms with Crippen molar-refractivity contribution >= 4 is 5.69 Å². The van der Waals surface area contributed by atoms with E-state index in [0.29, 0.717) is 0 Å². The van der Waals surface area contributed by atoms with Crippen LogP contribution in [0.3, 0.4) is 0 Å². The number of rotatable bonds is 5. The van der Waals surface area contributed by atoms with Crippen LogP contribution in [0, 0.1) is 6.92 Å². The number of hydrogen-bond donors (Lipinski definition) is 1. The molecule has 3 heteroatoms. The zero-order chi connectivity index (χ0) is 13.7. The smallest absolute Gasteiger partial charge is 0.142 e. The van der Waals surface area contributed by atoms with E-state index < -0.39 is 0 Å². The van der Waals surface area contributed by atoms with Gasteiger partial charge in [0.25, 0.3) is 0 Å². The van der Waals surface area contributed by atoms with Crippen molar-refractivity contribution in [2.24, 2.45) is 5.73 Å². The fourth-order valence-corrected chi connectivity index (χ4v) is 2.55. The summed E-state index contributed by atoms with van der Waals surface area (Å²) in [6, 6.07) is 6.73. The molecule has 2 rings (SSSR count). The highest BCUT2D eigenvalue weighted by atomic mass is 16.5. The lowest BCUT2D eigenvalue weighted by molar-refractivity contribution is 0.309. The van der Waals surface area contributed by atoms with Crippen LogP contribution in [-0.2, 0) is 0 Å². The number of aryl methyl sites for hydroxylation is 1. The van der Waals surface area contributed by atoms with Crippen LogP contribution in [0.25, 0.3) is 0 Å². The number of hydrogen-bond acceptors (Lipinski definition) is 3. The minimum Gasteiger partial charge on any atom is -0.491 e. The number of piperidine rings is 1. The second kappa shape index (κ2) is 6.80. The third kappa shape index (κ3) is 3.87. The molecule has 2 N–H and O–H groups in total. The molecule has 3 nitrogen and oxygen atoms in total. The van der Waals surface area contributed by atoms with Crippen LogP contribution in [0.2, 0.25) is 0 Å². The van der Waals surface area contributed by atoms with Gasteiger partial charge in [0, 0.05) is 19.1 Å². The quantitative estimate of drug-likeness (QED) is 0.829. The van der Waals surface area contributed by atoms with Crippen LogP contribution in [0.15, 0.2) is 18.2 Å². The maximum Gasteiger partial charge on any atom is 0.142 e. The van der Waals surface area contributed by atoms with E-state index in [1.54, 1.807) is 0 Å². The summed E-state index contributed by atoms with van der Waals surface area (Å²) in [5.74, 6) is 1.01. The predicted molar refractivity (Wildman–Crippen MR) is 81.0 cm³/mol. The first kappa shape index (κ1) is 14.2. The molecule has 106 valence electrons. The first-order valence-electron chi connectivity index (χ1n) is 7.44. The lowest BCUT2D eigenvalue weighted by Gasteiger charge is -2.33. The number of anilines is 1. The van der Waals surface area contributed by atoms with Gasteiger partial charge in [0.15, 0.2) is 0 Å². The summed E-state index contributed by atoms with van der Waals surface area (Å²) >= 11 is 0. The maximum absolute atomic E-state index is 6.09. The normalized spacial score (nSPS) is 19.5. The van der Waals surface area contributed by atoms with Gasteiger partial charge in [-0.2, -0.15) is 0 Å². The Morgan fingerprint density at radius 3 is 3.00 bits per heavy atom. The lowest BCUT2D eigenvalue weighted by atomic mass is 10.0. The molecule has 1 aliphatic rings. The second-order valence-electron chi connectivity index (χ2n) is 5.52. The number of ether oxygens (including phenoxy) is 1. The van der Waals surface area contributed by atoms with E-state index in [0.717, 1.165) is 44.7 Å². The van der Waals surface area contributed by atoms with Crippen molar-refractivity contribution in [2.75, 3.05) is 24.6 Å². The van der Waals surface area contributed by atoms with Crippen molar-refractivity contribution in [1.82, 2.24) is 0 Å². The fraction of sp³-hybridized carbons (Fsp3) is 0.625. The minimum absolute atomic E-state index is 0.290. The molecule has 1 fully saturated rings. The van der Waals surface area contributed by atoms with Crippen LogP contribution in [0.4, 0.5) is 5.69 Å². The summed E-state index contributed by atoms with van der Waals surface area (Å²) in [5.41, 5.74) is 8.58. The van der Waals surface area contributed by atoms with Crippen molar-refractivity contribution < 1.29 is 4.74 Å². The first-order valence-corrected chi connectivity index (χ1v) is 7.44. The Bertz CT molecular complexity index is 406. The van der Waals surface area contributed by atoms with Gasteiger partial charge in [-0.15, -0.1) is 0 Å². The standard InChI is InChI=1S/C16H26N2O/c1-3-4-10-19-16-8-7-13(2)11-15(16)18-9-5-6-14(17)12-18/h7-8,11,14H,3-6,9-10,12,17H2,1-2H3. The summed E-state index contributed by atoms with van der Waals surface area (Å²) in [7, 11) is 0. The summed E-state index contributed by atoms with van der Waals surface area (Å²) < 4.78 is 5.94. The summed E-state index contributed by atoms with van der Waals surface area (Å²) in [6.07, 6.45) is 4.57. The third-order valence-electron chi connectivity index (χ3n) is 3.67. The zero-order valence-electron chi connectivity index (χ0n) is 12.2. The van der Waals surface area contributed by atoms with Gasteiger partial charge in [0.1, 0.15) is 5.75 Å². The molecule has 1 heterocycles. The predicted octanol–water partition coefficient (Wildman–Crippen LogP) is 3.10. The Kier molecular flexibility index (Phi) is 5.08. The van der Waals surface area contributed by atoms with Crippen molar-refractivity contribution in [3.8, 4) is 5.75 Å². The van der Waals surface area contributed by atoms with Gasteiger partial charge in [0.2, 0.25) is 0 Å². The average molecular weight is 262 g/mol. The second-order valence-corrected chi connectivity index (χ2v) is 5.52. The van der Waals surface area contributed by atoms with Gasteiger partial charge in [-0.3, -0.25) is 0 Å². The summed E-state index contributed by atoms with van der Waals surface area (Å²) in [4.78, 5) is 2.38. The molecule has 0 aromatic heterocycles. The molecular weight excluding hydrogens is 236 g/mol. The molecule has 1 aromatic carbocycles. The van der Waals surface area contributed by atoms with E-state index in [1.165, 1.54) is 17.7 Å². The highest BCUT2D eigenvalue weighted by Crippen LogP contribution is 2.31. The van der Waals surface area contributed by atoms with Gasteiger partial charge in [0.05, 0.1) is 12.3 Å². The van der Waals surface area contributed by atoms with E-state index in [2.05, 4.69) is 36.9 Å². The summed E-state index contributed by atoms with van der Waals surface area (Å²) in [5, 5.41) is 0. The third-order valence-corrected chi connectivity index (χ3v) is 3.67. The molecule has 1 atom stereocenters. The van der Waals surface area contributed by atoms with Crippen molar-refractivity contribution in [1.29, 1.82) is 0 Å². The molecule has 0 bridgehead atoms. The van der Waals surface area contributed by atoms with E-state index in [1.807, 2.05) is 0 Å². The van der Waals surface area contributed by atoms with Gasteiger partial charge in [-0.05, 0) is 43.9 Å². The van der Waals surface area contributed by atoms with Gasteiger partial charge in [-0.1, -0.05) is 19.4 Å². The molecule has 0 saturated carbocycles. The van der Waals surface area contributed by atoms with Crippen LogP contribution in [0.5, 0.6) is 5.75 Å².